The Kier molecular flexibility index (Phi) is 6.02. The fourth-order valence-electron chi connectivity index (χ4n) is 2.44. The molecule has 0 fully saturated rings. The molecule has 0 atom stereocenters. The number of amides is 1. The van der Waals surface area contributed by atoms with Gasteiger partial charge in [-0.1, -0.05) is 0 Å². The first-order valence-electron chi connectivity index (χ1n) is 8.19. The molecule has 8 nitrogen and oxygen atoms in total. The van der Waals surface area contributed by atoms with Gasteiger partial charge >= 0.3 is 0 Å². The van der Waals surface area contributed by atoms with Crippen LogP contribution in [-0.2, 0) is 16.6 Å². The van der Waals surface area contributed by atoms with E-state index in [1.807, 2.05) is 17.5 Å². The molecule has 0 saturated heterocycles. The molecule has 3 aromatic rings. The number of methoxy groups -OCH3 is 1. The Morgan fingerprint density at radius 2 is 1.96 bits per heavy atom. The van der Waals surface area contributed by atoms with Gasteiger partial charge < -0.3 is 10.1 Å². The van der Waals surface area contributed by atoms with Crippen molar-refractivity contribution < 1.29 is 17.9 Å². The maximum Gasteiger partial charge on any atom is 0.251 e. The van der Waals surface area contributed by atoms with Crippen molar-refractivity contribution in [3.05, 3.63) is 58.7 Å². The zero-order valence-electron chi connectivity index (χ0n) is 15.2. The molecular weight excluding hydrogens is 400 g/mol. The molecule has 0 aliphatic rings. The molecule has 3 rings (SSSR count). The van der Waals surface area contributed by atoms with Gasteiger partial charge in [-0.25, -0.2) is 18.1 Å². The molecule has 1 aromatic carbocycles. The number of hydrogen-bond acceptors (Lipinski definition) is 7. The van der Waals surface area contributed by atoms with E-state index in [1.165, 1.54) is 43.7 Å². The average Bonchev–Trinajstić information content (AvgIpc) is 3.21. The molecule has 0 bridgehead atoms. The first kappa shape index (κ1) is 19.9. The van der Waals surface area contributed by atoms with Crippen LogP contribution in [0.4, 0.5) is 0 Å². The van der Waals surface area contributed by atoms with Gasteiger partial charge in [0.1, 0.15) is 15.7 Å². The standard InChI is InChI=1S/C18H18N4O4S2/c1-19-28(24,25)16-9-13(3-4-15(16)26-2)18(23)21-10-17-22-14(11-27-17)12-5-7-20-8-6-12/h3-9,11,19H,10H2,1-2H3,(H,21,23). The molecule has 2 aromatic heterocycles. The van der Waals surface area contributed by atoms with Crippen molar-refractivity contribution in [2.24, 2.45) is 0 Å². The number of benzene rings is 1. The van der Waals surface area contributed by atoms with Gasteiger partial charge in [-0.15, -0.1) is 11.3 Å². The summed E-state index contributed by atoms with van der Waals surface area (Å²) >= 11 is 1.43. The largest absolute Gasteiger partial charge is 0.495 e. The van der Waals surface area contributed by atoms with E-state index >= 15 is 0 Å². The van der Waals surface area contributed by atoms with E-state index in [4.69, 9.17) is 4.74 Å². The quantitative estimate of drug-likeness (QED) is 0.608. The number of nitrogens with one attached hydrogen (secondary N) is 2. The van der Waals surface area contributed by atoms with E-state index in [0.717, 1.165) is 16.3 Å². The molecule has 1 amide bonds. The molecule has 0 radical (unpaired) electrons. The minimum Gasteiger partial charge on any atom is -0.495 e. The number of aromatic nitrogens is 2. The average molecular weight is 419 g/mol. The second-order valence-corrected chi connectivity index (χ2v) is 8.42. The van der Waals surface area contributed by atoms with E-state index in [9.17, 15) is 13.2 Å². The molecule has 2 heterocycles. The van der Waals surface area contributed by atoms with Crippen LogP contribution in [0.1, 0.15) is 15.4 Å². The number of hydrogen-bond donors (Lipinski definition) is 2. The number of rotatable bonds is 7. The second kappa shape index (κ2) is 8.46. The van der Waals surface area contributed by atoms with Gasteiger partial charge in [-0.05, 0) is 37.4 Å². The molecule has 0 unspecified atom stereocenters. The lowest BCUT2D eigenvalue weighted by Gasteiger charge is -2.11. The number of carbonyl (C=O) groups is 1. The number of ether oxygens (including phenoxy) is 1. The van der Waals surface area contributed by atoms with Crippen molar-refractivity contribution in [1.82, 2.24) is 20.0 Å². The second-order valence-electron chi connectivity index (χ2n) is 5.62. The first-order valence-corrected chi connectivity index (χ1v) is 10.6. The summed E-state index contributed by atoms with van der Waals surface area (Å²) < 4.78 is 31.6. The third-order valence-electron chi connectivity index (χ3n) is 3.91. The maximum absolute atomic E-state index is 12.5. The highest BCUT2D eigenvalue weighted by Crippen LogP contribution is 2.25. The number of carbonyl (C=O) groups excluding carboxylic acids is 1. The SMILES string of the molecule is CNS(=O)(=O)c1cc(C(=O)NCc2nc(-c3ccncc3)cs2)ccc1OC. The van der Waals surface area contributed by atoms with E-state index in [-0.39, 0.29) is 22.8 Å². The Balaban J connectivity index is 1.74. The minimum atomic E-state index is -3.76. The summed E-state index contributed by atoms with van der Waals surface area (Å²) in [5.41, 5.74) is 1.96. The predicted molar refractivity (Wildman–Crippen MR) is 106 cm³/mol. The van der Waals surface area contributed by atoms with Crippen LogP contribution < -0.4 is 14.8 Å². The lowest BCUT2D eigenvalue weighted by atomic mass is 10.2. The summed E-state index contributed by atoms with van der Waals surface area (Å²) in [6, 6.07) is 7.96. The Morgan fingerprint density at radius 1 is 1.21 bits per heavy atom. The first-order chi connectivity index (χ1) is 13.4. The van der Waals surface area contributed by atoms with E-state index in [1.54, 1.807) is 12.4 Å². The fourth-order valence-corrected chi connectivity index (χ4v) is 4.10. The van der Waals surface area contributed by atoms with Crippen molar-refractivity contribution in [1.29, 1.82) is 0 Å². The van der Waals surface area contributed by atoms with Crippen molar-refractivity contribution >= 4 is 27.3 Å². The molecule has 0 spiro atoms. The summed E-state index contributed by atoms with van der Waals surface area (Å²) in [6.45, 7) is 0.231. The van der Waals surface area contributed by atoms with E-state index < -0.39 is 15.9 Å². The van der Waals surface area contributed by atoms with Crippen LogP contribution in [0.25, 0.3) is 11.3 Å². The number of sulfonamides is 1. The zero-order chi connectivity index (χ0) is 20.1. The normalized spacial score (nSPS) is 11.2. The third kappa shape index (κ3) is 4.35. The molecule has 2 N–H and O–H groups in total. The van der Waals surface area contributed by atoms with Crippen molar-refractivity contribution in [2.45, 2.75) is 11.4 Å². The lowest BCUT2D eigenvalue weighted by Crippen LogP contribution is -2.24. The van der Waals surface area contributed by atoms with E-state index in [2.05, 4.69) is 20.0 Å². The van der Waals surface area contributed by atoms with Gasteiger partial charge in [0, 0.05) is 28.9 Å². The monoisotopic (exact) mass is 418 g/mol. The maximum atomic E-state index is 12.5. The highest BCUT2D eigenvalue weighted by molar-refractivity contribution is 7.89. The van der Waals surface area contributed by atoms with Crippen LogP contribution in [0.5, 0.6) is 5.75 Å². The highest BCUT2D eigenvalue weighted by atomic mass is 32.2. The Labute approximate surface area is 166 Å². The molecule has 10 heteroatoms. The summed E-state index contributed by atoms with van der Waals surface area (Å²) in [5, 5.41) is 5.39. The van der Waals surface area contributed by atoms with Gasteiger partial charge in [-0.2, -0.15) is 0 Å². The summed E-state index contributed by atoms with van der Waals surface area (Å²) in [6.07, 6.45) is 3.38. The number of nitrogens with zero attached hydrogens (tertiary/aromatic N) is 2. The smallest absolute Gasteiger partial charge is 0.251 e. The summed E-state index contributed by atoms with van der Waals surface area (Å²) in [7, 11) is -1.10. The molecule has 0 aliphatic heterocycles. The van der Waals surface area contributed by atoms with Crippen LogP contribution in [0.2, 0.25) is 0 Å². The fraction of sp³-hybridized carbons (Fsp3) is 0.167. The van der Waals surface area contributed by atoms with Gasteiger partial charge in [-0.3, -0.25) is 9.78 Å². The minimum absolute atomic E-state index is 0.0978. The summed E-state index contributed by atoms with van der Waals surface area (Å²) in [4.78, 5) is 20.8. The molecule has 146 valence electrons. The van der Waals surface area contributed by atoms with Crippen molar-refractivity contribution in [3.8, 4) is 17.0 Å². The van der Waals surface area contributed by atoms with Gasteiger partial charge in [0.25, 0.3) is 5.91 Å². The number of thiazole rings is 1. The molecule has 0 saturated carbocycles. The number of pyridine rings is 1. The van der Waals surface area contributed by atoms with Gasteiger partial charge in [0.15, 0.2) is 0 Å². The zero-order valence-corrected chi connectivity index (χ0v) is 16.8. The molecular formula is C18H18N4O4S2. The third-order valence-corrected chi connectivity index (χ3v) is 6.20. The predicted octanol–water partition coefficient (Wildman–Crippen LogP) is 2.05. The Hall–Kier alpha value is -2.82. The van der Waals surface area contributed by atoms with Crippen LogP contribution in [0.3, 0.4) is 0 Å². The van der Waals surface area contributed by atoms with Crippen LogP contribution in [0, 0.1) is 0 Å². The van der Waals surface area contributed by atoms with Gasteiger partial charge in [0.2, 0.25) is 10.0 Å². The summed E-state index contributed by atoms with van der Waals surface area (Å²) in [5.74, 6) is -0.247. The van der Waals surface area contributed by atoms with Crippen LogP contribution >= 0.6 is 11.3 Å². The Morgan fingerprint density at radius 3 is 2.64 bits per heavy atom. The van der Waals surface area contributed by atoms with Gasteiger partial charge in [0.05, 0.1) is 19.3 Å². The Bertz CT molecular complexity index is 1080. The van der Waals surface area contributed by atoms with Crippen molar-refractivity contribution in [2.75, 3.05) is 14.2 Å². The molecule has 28 heavy (non-hydrogen) atoms. The van der Waals surface area contributed by atoms with Crippen molar-refractivity contribution in [3.63, 3.8) is 0 Å². The van der Waals surface area contributed by atoms with Crippen LogP contribution in [-0.4, -0.2) is 38.5 Å². The molecule has 0 aliphatic carbocycles. The van der Waals surface area contributed by atoms with E-state index in [0.29, 0.717) is 0 Å². The lowest BCUT2D eigenvalue weighted by molar-refractivity contribution is 0.0950. The van der Waals surface area contributed by atoms with Crippen LogP contribution in [0.15, 0.2) is 53.0 Å². The highest BCUT2D eigenvalue weighted by Gasteiger charge is 2.20. The topological polar surface area (TPSA) is 110 Å².